The molecular weight excluding hydrogens is 322 g/mol. The smallest absolute Gasteiger partial charge is 0.315 e. The number of ether oxygens (including phenoxy) is 1. The number of carbonyl (C=O) groups excluding carboxylic acids is 3. The number of carboxylic acid groups (broad SMARTS) is 1. The number of carboxylic acids is 1. The van der Waals surface area contributed by atoms with Gasteiger partial charge in [0.15, 0.2) is 5.78 Å². The highest BCUT2D eigenvalue weighted by Crippen LogP contribution is 2.43. The molecule has 25 heavy (non-hydrogen) atoms. The van der Waals surface area contributed by atoms with Crippen molar-refractivity contribution in [3.05, 3.63) is 46.7 Å². The van der Waals surface area contributed by atoms with Crippen molar-refractivity contribution < 1.29 is 24.2 Å². The minimum absolute atomic E-state index is 0.0135. The minimum Gasteiger partial charge on any atom is -0.545 e. The second-order valence-electron chi connectivity index (χ2n) is 6.28. The zero-order valence-electron chi connectivity index (χ0n) is 14.1. The molecule has 0 saturated carbocycles. The van der Waals surface area contributed by atoms with E-state index in [0.717, 1.165) is 12.1 Å². The number of methoxy groups -OCH3 is 1. The van der Waals surface area contributed by atoms with Crippen molar-refractivity contribution in [1.29, 1.82) is 0 Å². The molecule has 6 nitrogen and oxygen atoms in total. The van der Waals surface area contributed by atoms with Crippen LogP contribution in [0.4, 0.5) is 0 Å². The number of esters is 1. The molecule has 0 fully saturated rings. The SMILES string of the molecule is COC(=O)C1C(C)=NC2=C(C(=O)CCC2)[C@H]1c1ccc(C(=O)[O-])cc1. The number of carbonyl (C=O) groups is 3. The van der Waals surface area contributed by atoms with Crippen LogP contribution in [-0.4, -0.2) is 30.5 Å². The first-order valence-corrected chi connectivity index (χ1v) is 8.14. The van der Waals surface area contributed by atoms with Crippen LogP contribution in [0.3, 0.4) is 0 Å². The van der Waals surface area contributed by atoms with Gasteiger partial charge in [-0.3, -0.25) is 14.6 Å². The molecule has 0 aromatic heterocycles. The average molecular weight is 340 g/mol. The van der Waals surface area contributed by atoms with Crippen LogP contribution in [0.2, 0.25) is 0 Å². The number of aliphatic imine (C=N–C) groups is 1. The van der Waals surface area contributed by atoms with Gasteiger partial charge >= 0.3 is 5.97 Å². The van der Waals surface area contributed by atoms with Crippen LogP contribution in [-0.2, 0) is 14.3 Å². The highest BCUT2D eigenvalue weighted by molar-refractivity contribution is 6.08. The van der Waals surface area contributed by atoms with Gasteiger partial charge in [0.1, 0.15) is 5.92 Å². The first-order chi connectivity index (χ1) is 11.9. The molecule has 1 aromatic carbocycles. The van der Waals surface area contributed by atoms with Gasteiger partial charge in [0.2, 0.25) is 0 Å². The average Bonchev–Trinajstić information content (AvgIpc) is 2.60. The second kappa shape index (κ2) is 6.63. The van der Waals surface area contributed by atoms with Crippen LogP contribution < -0.4 is 5.11 Å². The van der Waals surface area contributed by atoms with Gasteiger partial charge < -0.3 is 14.6 Å². The molecule has 1 unspecified atom stereocenters. The Morgan fingerprint density at radius 1 is 1.20 bits per heavy atom. The third-order valence-electron chi connectivity index (χ3n) is 4.80. The lowest BCUT2D eigenvalue weighted by atomic mass is 9.71. The molecule has 0 amide bonds. The Kier molecular flexibility index (Phi) is 4.53. The van der Waals surface area contributed by atoms with Crippen molar-refractivity contribution in [2.75, 3.05) is 7.11 Å². The summed E-state index contributed by atoms with van der Waals surface area (Å²) in [4.78, 5) is 40.4. The number of Topliss-reactive ketones (excluding diaryl/α,β-unsaturated/α-hetero) is 1. The zero-order valence-corrected chi connectivity index (χ0v) is 14.1. The summed E-state index contributed by atoms with van der Waals surface area (Å²) in [6.07, 6.45) is 1.86. The van der Waals surface area contributed by atoms with Crippen LogP contribution in [0.25, 0.3) is 0 Å². The van der Waals surface area contributed by atoms with Gasteiger partial charge in [-0.15, -0.1) is 0 Å². The van der Waals surface area contributed by atoms with Crippen molar-refractivity contribution in [2.24, 2.45) is 10.9 Å². The Bertz CT molecular complexity index is 804. The van der Waals surface area contributed by atoms with Crippen LogP contribution in [0, 0.1) is 5.92 Å². The van der Waals surface area contributed by atoms with Gasteiger partial charge in [-0.25, -0.2) is 0 Å². The van der Waals surface area contributed by atoms with E-state index in [1.165, 1.54) is 19.2 Å². The summed E-state index contributed by atoms with van der Waals surface area (Å²) < 4.78 is 4.93. The molecule has 0 spiro atoms. The molecule has 1 aliphatic heterocycles. The minimum atomic E-state index is -1.27. The summed E-state index contributed by atoms with van der Waals surface area (Å²) in [6, 6.07) is 6.09. The third kappa shape index (κ3) is 2.99. The van der Waals surface area contributed by atoms with Crippen LogP contribution in [0.1, 0.15) is 48.0 Å². The van der Waals surface area contributed by atoms with Crippen molar-refractivity contribution in [3.63, 3.8) is 0 Å². The van der Waals surface area contributed by atoms with Crippen molar-refractivity contribution in [1.82, 2.24) is 0 Å². The van der Waals surface area contributed by atoms with E-state index in [2.05, 4.69) is 4.99 Å². The fourth-order valence-electron chi connectivity index (χ4n) is 3.63. The predicted octanol–water partition coefficient (Wildman–Crippen LogP) is 1.40. The van der Waals surface area contributed by atoms with E-state index < -0.39 is 23.8 Å². The summed E-state index contributed by atoms with van der Waals surface area (Å²) in [5.74, 6) is -2.95. The maximum Gasteiger partial charge on any atom is 0.315 e. The van der Waals surface area contributed by atoms with Crippen LogP contribution in [0.5, 0.6) is 0 Å². The number of ketones is 1. The summed E-state index contributed by atoms with van der Waals surface area (Å²) in [6.45, 7) is 1.76. The Hall–Kier alpha value is -2.76. The molecule has 130 valence electrons. The molecule has 0 bridgehead atoms. The highest BCUT2D eigenvalue weighted by Gasteiger charge is 2.42. The Morgan fingerprint density at radius 3 is 2.48 bits per heavy atom. The monoisotopic (exact) mass is 340 g/mol. The molecular formula is C19H18NO5-. The topological polar surface area (TPSA) is 95.9 Å². The number of aromatic carboxylic acids is 1. The summed E-state index contributed by atoms with van der Waals surface area (Å²) in [5.41, 5.74) is 2.62. The summed E-state index contributed by atoms with van der Waals surface area (Å²) >= 11 is 0. The number of allylic oxidation sites excluding steroid dienone is 2. The second-order valence-corrected chi connectivity index (χ2v) is 6.28. The van der Waals surface area contributed by atoms with Crippen molar-refractivity contribution >= 4 is 23.4 Å². The van der Waals surface area contributed by atoms with E-state index in [0.29, 0.717) is 29.7 Å². The molecule has 0 radical (unpaired) electrons. The fourth-order valence-corrected chi connectivity index (χ4v) is 3.63. The Balaban J connectivity index is 2.14. The normalized spacial score (nSPS) is 23.0. The molecule has 1 aromatic rings. The van der Waals surface area contributed by atoms with Gasteiger partial charge in [0, 0.05) is 29.3 Å². The van der Waals surface area contributed by atoms with Gasteiger partial charge in [0.25, 0.3) is 0 Å². The van der Waals surface area contributed by atoms with Crippen LogP contribution in [0.15, 0.2) is 40.5 Å². The maximum atomic E-state index is 12.6. The number of hydrogen-bond donors (Lipinski definition) is 0. The molecule has 6 heteroatoms. The van der Waals surface area contributed by atoms with E-state index in [9.17, 15) is 19.5 Å². The van der Waals surface area contributed by atoms with E-state index in [-0.39, 0.29) is 11.3 Å². The molecule has 2 atom stereocenters. The van der Waals surface area contributed by atoms with Crippen molar-refractivity contribution in [2.45, 2.75) is 32.1 Å². The molecule has 1 aliphatic carbocycles. The largest absolute Gasteiger partial charge is 0.545 e. The van der Waals surface area contributed by atoms with Crippen LogP contribution >= 0.6 is 0 Å². The molecule has 2 aliphatic rings. The molecule has 3 rings (SSSR count). The van der Waals surface area contributed by atoms with Gasteiger partial charge in [-0.05, 0) is 30.9 Å². The predicted molar refractivity (Wildman–Crippen MR) is 88.0 cm³/mol. The maximum absolute atomic E-state index is 12.6. The quantitative estimate of drug-likeness (QED) is 0.775. The lowest BCUT2D eigenvalue weighted by Gasteiger charge is -2.34. The standard InChI is InChI=1S/C19H19NO5/c1-10-15(19(24)25-2)16(11-6-8-12(9-7-11)18(22)23)17-13(20-10)4-3-5-14(17)21/h6-9,15-16H,3-5H2,1-2H3,(H,22,23)/p-1/t15?,16-/m0/s1. The highest BCUT2D eigenvalue weighted by atomic mass is 16.5. The van der Waals surface area contributed by atoms with E-state index >= 15 is 0 Å². The lowest BCUT2D eigenvalue weighted by Crippen LogP contribution is -2.37. The number of benzene rings is 1. The molecule has 0 saturated heterocycles. The van der Waals surface area contributed by atoms with E-state index in [1.807, 2.05) is 0 Å². The number of nitrogens with zero attached hydrogens (tertiary/aromatic N) is 1. The fraction of sp³-hybridized carbons (Fsp3) is 0.368. The molecule has 0 N–H and O–H groups in total. The first-order valence-electron chi connectivity index (χ1n) is 8.14. The zero-order chi connectivity index (χ0) is 18.1. The number of rotatable bonds is 3. The first kappa shape index (κ1) is 17.1. The Morgan fingerprint density at radius 2 is 1.88 bits per heavy atom. The van der Waals surface area contributed by atoms with E-state index in [1.54, 1.807) is 19.1 Å². The van der Waals surface area contributed by atoms with Crippen molar-refractivity contribution in [3.8, 4) is 0 Å². The number of hydrogen-bond acceptors (Lipinski definition) is 6. The molecule has 1 heterocycles. The Labute approximate surface area is 145 Å². The lowest BCUT2D eigenvalue weighted by molar-refractivity contribution is -0.255. The summed E-state index contributed by atoms with van der Waals surface area (Å²) in [5, 5.41) is 11.0. The van der Waals surface area contributed by atoms with Gasteiger partial charge in [0.05, 0.1) is 13.1 Å². The van der Waals surface area contributed by atoms with Gasteiger partial charge in [-0.2, -0.15) is 0 Å². The third-order valence-corrected chi connectivity index (χ3v) is 4.80. The van der Waals surface area contributed by atoms with Gasteiger partial charge in [-0.1, -0.05) is 24.3 Å². The summed E-state index contributed by atoms with van der Waals surface area (Å²) in [7, 11) is 1.30. The van der Waals surface area contributed by atoms with E-state index in [4.69, 9.17) is 4.74 Å².